The smallest absolute Gasteiger partial charge is 0.328 e. The van der Waals surface area contributed by atoms with Gasteiger partial charge in [0.1, 0.15) is 12.1 Å². The number of hydrogen-bond donors (Lipinski definition) is 4. The molecule has 0 aromatic heterocycles. The van der Waals surface area contributed by atoms with Gasteiger partial charge >= 0.3 is 11.9 Å². The minimum atomic E-state index is -1.43. The van der Waals surface area contributed by atoms with Crippen LogP contribution < -0.4 is 10.6 Å². The van der Waals surface area contributed by atoms with E-state index in [9.17, 15) is 19.2 Å². The van der Waals surface area contributed by atoms with E-state index in [2.05, 4.69) is 38.3 Å². The molecule has 1 unspecified atom stereocenters. The lowest BCUT2D eigenvalue weighted by Crippen LogP contribution is -2.47. The second kappa shape index (κ2) is 30.2. The third kappa shape index (κ3) is 29.3. The van der Waals surface area contributed by atoms with Crippen molar-refractivity contribution >= 4 is 23.8 Å². The van der Waals surface area contributed by atoms with Gasteiger partial charge in [0.15, 0.2) is 0 Å². The van der Waals surface area contributed by atoms with Gasteiger partial charge in [0.05, 0.1) is 19.6 Å². The van der Waals surface area contributed by atoms with Crippen LogP contribution in [0.4, 0.5) is 0 Å². The van der Waals surface area contributed by atoms with Gasteiger partial charge in [0, 0.05) is 6.42 Å². The van der Waals surface area contributed by atoms with E-state index >= 15 is 0 Å². The van der Waals surface area contributed by atoms with E-state index in [-0.39, 0.29) is 12.4 Å². The quantitative estimate of drug-likeness (QED) is 0.0427. The number of amides is 2. The summed E-state index contributed by atoms with van der Waals surface area (Å²) >= 11 is 0. The number of aliphatic hydroxyl groups excluding tert-OH is 1. The molecule has 0 aromatic rings. The van der Waals surface area contributed by atoms with Crippen molar-refractivity contribution in [3.63, 3.8) is 0 Å². The molecule has 0 aliphatic heterocycles. The molecule has 4 N–H and O–H groups in total. The molecule has 0 spiro atoms. The Morgan fingerprint density at radius 3 is 1.41 bits per heavy atom. The lowest BCUT2D eigenvalue weighted by Gasteiger charge is -2.18. The topological polar surface area (TPSA) is 142 Å². The molecule has 2 amide bonds. The molecule has 0 aliphatic rings. The Hall–Kier alpha value is -2.16. The van der Waals surface area contributed by atoms with Crippen LogP contribution in [0, 0.1) is 11.8 Å². The standard InChI is InChI=1S/C37H70N2O7/c1-30(2)23-19-15-11-7-5-9-13-17-21-25-32(27-34(41)38-28-35(42)39-33(29-40)37(44)45)46-36(43)26-22-18-14-10-6-8-12-16-20-24-31(3)4/h30-33,40H,5-29H2,1-4H3,(H,38,41)(H,39,42)(H,44,45)/t32-,33?/m1/s1. The fourth-order valence-corrected chi connectivity index (χ4v) is 5.56. The van der Waals surface area contributed by atoms with E-state index in [0.29, 0.717) is 12.8 Å². The maximum atomic E-state index is 12.6. The van der Waals surface area contributed by atoms with Crippen molar-refractivity contribution in [2.45, 2.75) is 188 Å². The number of unbranched alkanes of at least 4 members (excludes halogenated alkanes) is 16. The molecule has 0 heterocycles. The van der Waals surface area contributed by atoms with Gasteiger partial charge in [0.2, 0.25) is 11.8 Å². The molecule has 46 heavy (non-hydrogen) atoms. The van der Waals surface area contributed by atoms with Crippen molar-refractivity contribution in [1.29, 1.82) is 0 Å². The van der Waals surface area contributed by atoms with Crippen LogP contribution in [0.3, 0.4) is 0 Å². The van der Waals surface area contributed by atoms with Gasteiger partial charge in [-0.25, -0.2) is 4.79 Å². The van der Waals surface area contributed by atoms with Crippen LogP contribution in [0.1, 0.15) is 175 Å². The number of rotatable bonds is 32. The van der Waals surface area contributed by atoms with Crippen LogP contribution in [0.15, 0.2) is 0 Å². The first-order valence-electron chi connectivity index (χ1n) is 18.6. The lowest BCUT2D eigenvalue weighted by atomic mass is 10.0. The highest BCUT2D eigenvalue weighted by Gasteiger charge is 2.21. The number of nitrogens with one attached hydrogen (secondary N) is 2. The molecular weight excluding hydrogens is 584 g/mol. The molecule has 0 aliphatic carbocycles. The zero-order valence-electron chi connectivity index (χ0n) is 29.9. The SMILES string of the molecule is CC(C)CCCCCCCCCCCC(=O)O[C@H](CCCCCCCCCCCC(C)C)CC(=O)NCC(=O)NC(CO)C(=O)O. The number of esters is 1. The first-order valence-corrected chi connectivity index (χ1v) is 18.6. The van der Waals surface area contributed by atoms with E-state index in [1.165, 1.54) is 89.9 Å². The van der Waals surface area contributed by atoms with Crippen LogP contribution in [-0.4, -0.2) is 59.3 Å². The predicted molar refractivity (Wildman–Crippen MR) is 185 cm³/mol. The summed E-state index contributed by atoms with van der Waals surface area (Å²) in [7, 11) is 0. The normalized spacial score (nSPS) is 12.7. The van der Waals surface area contributed by atoms with Crippen molar-refractivity contribution < 1.29 is 34.1 Å². The van der Waals surface area contributed by atoms with Crippen molar-refractivity contribution in [2.75, 3.05) is 13.2 Å². The largest absolute Gasteiger partial charge is 0.480 e. The van der Waals surface area contributed by atoms with Gasteiger partial charge in [-0.05, 0) is 31.1 Å². The van der Waals surface area contributed by atoms with Crippen LogP contribution in [0.25, 0.3) is 0 Å². The first-order chi connectivity index (χ1) is 22.0. The molecule has 0 saturated carbocycles. The molecule has 0 radical (unpaired) electrons. The van der Waals surface area contributed by atoms with Crippen LogP contribution in [0.5, 0.6) is 0 Å². The molecule has 0 rings (SSSR count). The Bertz CT molecular complexity index is 788. The average Bonchev–Trinajstić information content (AvgIpc) is 2.99. The second-order valence-corrected chi connectivity index (χ2v) is 14.0. The summed E-state index contributed by atoms with van der Waals surface area (Å²) < 4.78 is 5.73. The molecule has 270 valence electrons. The maximum absolute atomic E-state index is 12.6. The second-order valence-electron chi connectivity index (χ2n) is 14.0. The number of hydrogen-bond acceptors (Lipinski definition) is 6. The Kier molecular flexibility index (Phi) is 28.8. The summed E-state index contributed by atoms with van der Waals surface area (Å²) in [6.07, 6.45) is 24.1. The molecule has 0 saturated heterocycles. The highest BCUT2D eigenvalue weighted by atomic mass is 16.5. The Labute approximate surface area is 280 Å². The van der Waals surface area contributed by atoms with Crippen molar-refractivity contribution in [1.82, 2.24) is 10.6 Å². The number of carboxylic acid groups (broad SMARTS) is 1. The van der Waals surface area contributed by atoms with E-state index in [1.807, 2.05) is 0 Å². The number of carboxylic acids is 1. The highest BCUT2D eigenvalue weighted by Crippen LogP contribution is 2.17. The number of ether oxygens (including phenoxy) is 1. The van der Waals surface area contributed by atoms with Gasteiger partial charge in [-0.2, -0.15) is 0 Å². The highest BCUT2D eigenvalue weighted by molar-refractivity contribution is 5.88. The summed E-state index contributed by atoms with van der Waals surface area (Å²) in [6.45, 7) is 7.93. The Morgan fingerprint density at radius 1 is 0.587 bits per heavy atom. The van der Waals surface area contributed by atoms with Crippen molar-refractivity contribution in [3.05, 3.63) is 0 Å². The summed E-state index contributed by atoms with van der Waals surface area (Å²) in [6, 6.07) is -1.43. The fraction of sp³-hybridized carbons (Fsp3) is 0.892. The predicted octanol–water partition coefficient (Wildman–Crippen LogP) is 7.86. The Morgan fingerprint density at radius 2 is 1.00 bits per heavy atom. The summed E-state index contributed by atoms with van der Waals surface area (Å²) in [5.41, 5.74) is 0. The molecule has 0 fully saturated rings. The summed E-state index contributed by atoms with van der Waals surface area (Å²) in [4.78, 5) is 48.2. The van der Waals surface area contributed by atoms with Gasteiger partial charge in [-0.1, -0.05) is 143 Å². The maximum Gasteiger partial charge on any atom is 0.328 e. The van der Waals surface area contributed by atoms with Gasteiger partial charge in [0.25, 0.3) is 0 Å². The lowest BCUT2D eigenvalue weighted by molar-refractivity contribution is -0.151. The number of aliphatic hydroxyl groups is 1. The zero-order chi connectivity index (χ0) is 34.4. The number of carbonyl (C=O) groups is 4. The molecule has 9 nitrogen and oxygen atoms in total. The molecular formula is C37H70N2O7. The number of carbonyl (C=O) groups excluding carboxylic acids is 3. The molecule has 9 heteroatoms. The zero-order valence-corrected chi connectivity index (χ0v) is 29.9. The summed E-state index contributed by atoms with van der Waals surface area (Å²) in [5, 5.41) is 22.7. The van der Waals surface area contributed by atoms with Crippen molar-refractivity contribution in [3.8, 4) is 0 Å². The minimum absolute atomic E-state index is 0.0467. The average molecular weight is 655 g/mol. The van der Waals surface area contributed by atoms with E-state index < -0.39 is 43.1 Å². The third-order valence-corrected chi connectivity index (χ3v) is 8.44. The summed E-state index contributed by atoms with van der Waals surface area (Å²) in [5.74, 6) is -1.22. The molecule has 0 bridgehead atoms. The van der Waals surface area contributed by atoms with Gasteiger partial charge in [-0.3, -0.25) is 14.4 Å². The van der Waals surface area contributed by atoms with E-state index in [4.69, 9.17) is 14.9 Å². The van der Waals surface area contributed by atoms with E-state index in [1.54, 1.807) is 0 Å². The Balaban J connectivity index is 4.43. The number of aliphatic carboxylic acids is 1. The van der Waals surface area contributed by atoms with Crippen molar-refractivity contribution in [2.24, 2.45) is 11.8 Å². The minimum Gasteiger partial charge on any atom is -0.480 e. The van der Waals surface area contributed by atoms with E-state index in [0.717, 1.165) is 50.4 Å². The van der Waals surface area contributed by atoms with Gasteiger partial charge in [-0.15, -0.1) is 0 Å². The fourth-order valence-electron chi connectivity index (χ4n) is 5.56. The van der Waals surface area contributed by atoms with Crippen LogP contribution in [0.2, 0.25) is 0 Å². The van der Waals surface area contributed by atoms with Gasteiger partial charge < -0.3 is 25.6 Å². The van der Waals surface area contributed by atoms with Crippen LogP contribution in [-0.2, 0) is 23.9 Å². The van der Waals surface area contributed by atoms with Crippen LogP contribution >= 0.6 is 0 Å². The first kappa shape index (κ1) is 43.8. The monoisotopic (exact) mass is 655 g/mol. The molecule has 0 aromatic carbocycles. The third-order valence-electron chi connectivity index (χ3n) is 8.44. The molecule has 2 atom stereocenters.